The number of amides is 2. The summed E-state index contributed by atoms with van der Waals surface area (Å²) in [5, 5.41) is 2.68. The lowest BCUT2D eigenvalue weighted by Gasteiger charge is -2.33. The van der Waals surface area contributed by atoms with Crippen molar-refractivity contribution in [3.8, 4) is 11.3 Å². The second kappa shape index (κ2) is 15.1. The van der Waals surface area contributed by atoms with Crippen LogP contribution in [0, 0.1) is 17.6 Å². The number of H-pyrrole nitrogens is 1. The summed E-state index contributed by atoms with van der Waals surface area (Å²) in [4.78, 5) is 55.8. The van der Waals surface area contributed by atoms with Crippen molar-refractivity contribution in [1.29, 1.82) is 0 Å². The molecule has 2 amide bonds. The third-order valence-electron chi connectivity index (χ3n) is 8.06. The van der Waals surface area contributed by atoms with Crippen LogP contribution in [0.15, 0.2) is 67.4 Å². The van der Waals surface area contributed by atoms with Crippen molar-refractivity contribution in [3.05, 3.63) is 101 Å². The van der Waals surface area contributed by atoms with E-state index in [1.165, 1.54) is 19.5 Å². The second-order valence-electron chi connectivity index (χ2n) is 11.3. The summed E-state index contributed by atoms with van der Waals surface area (Å²) in [6.45, 7) is 2.00. The number of methoxy groups -OCH3 is 1. The summed E-state index contributed by atoms with van der Waals surface area (Å²) in [6, 6.07) is 8.72. The van der Waals surface area contributed by atoms with E-state index in [2.05, 4.69) is 25.3 Å². The van der Waals surface area contributed by atoms with E-state index >= 15 is 0 Å². The zero-order valence-corrected chi connectivity index (χ0v) is 26.6. The van der Waals surface area contributed by atoms with E-state index in [0.29, 0.717) is 47.6 Å². The van der Waals surface area contributed by atoms with Gasteiger partial charge in [0.15, 0.2) is 5.82 Å². The molecule has 244 valence electrons. The van der Waals surface area contributed by atoms with E-state index in [9.17, 15) is 23.2 Å². The van der Waals surface area contributed by atoms with E-state index in [1.807, 2.05) is 6.92 Å². The van der Waals surface area contributed by atoms with Crippen LogP contribution >= 0.6 is 11.6 Å². The van der Waals surface area contributed by atoms with E-state index in [1.54, 1.807) is 47.8 Å². The molecule has 2 atom stereocenters. The highest BCUT2D eigenvalue weighted by molar-refractivity contribution is 6.31. The number of hydrogen-bond acceptors (Lipinski definition) is 7. The SMILES string of the molecule is COC(=O)Cc1cccc(NC(=O)[C@H](C)CCC[C@@H](c2ncc(-c3cncnc3)[nH]2)N2CCC(c3c(F)ccc(Cl)c3F)=CC2=O)c1. The molecule has 0 saturated carbocycles. The molecular formula is C34H33ClF2N6O4. The van der Waals surface area contributed by atoms with Gasteiger partial charge in [0.1, 0.15) is 18.0 Å². The maximum atomic E-state index is 14.8. The Bertz CT molecular complexity index is 1800. The number of halogens is 3. The Morgan fingerprint density at radius 2 is 1.91 bits per heavy atom. The Hall–Kier alpha value is -4.97. The number of rotatable bonds is 12. The monoisotopic (exact) mass is 662 g/mol. The largest absolute Gasteiger partial charge is 0.469 e. The molecule has 1 aliphatic heterocycles. The number of aromatic nitrogens is 4. The second-order valence-corrected chi connectivity index (χ2v) is 11.7. The lowest BCUT2D eigenvalue weighted by Crippen LogP contribution is -2.38. The number of ether oxygens (including phenoxy) is 1. The number of nitrogens with one attached hydrogen (secondary N) is 2. The van der Waals surface area contributed by atoms with Gasteiger partial charge in [-0.15, -0.1) is 0 Å². The summed E-state index contributed by atoms with van der Waals surface area (Å²) in [6.07, 6.45) is 9.39. The number of carbonyl (C=O) groups is 3. The number of benzene rings is 2. The number of nitrogens with zero attached hydrogens (tertiary/aromatic N) is 4. The summed E-state index contributed by atoms with van der Waals surface area (Å²) in [7, 11) is 1.32. The molecule has 2 aromatic heterocycles. The first-order valence-corrected chi connectivity index (χ1v) is 15.4. The third-order valence-corrected chi connectivity index (χ3v) is 8.35. The zero-order chi connectivity index (χ0) is 33.5. The van der Waals surface area contributed by atoms with Gasteiger partial charge in [0.25, 0.3) is 0 Å². The number of aromatic amines is 1. The maximum absolute atomic E-state index is 14.8. The number of hydrogen-bond donors (Lipinski definition) is 2. The highest BCUT2D eigenvalue weighted by Crippen LogP contribution is 2.35. The quantitative estimate of drug-likeness (QED) is 0.134. The average molecular weight is 663 g/mol. The first kappa shape index (κ1) is 33.4. The minimum absolute atomic E-state index is 0.0951. The van der Waals surface area contributed by atoms with Crippen LogP contribution in [0.1, 0.15) is 55.6 Å². The van der Waals surface area contributed by atoms with Gasteiger partial charge in [0, 0.05) is 42.2 Å². The van der Waals surface area contributed by atoms with Crippen LogP contribution in [0.2, 0.25) is 5.02 Å². The number of anilines is 1. The van der Waals surface area contributed by atoms with Gasteiger partial charge in [-0.3, -0.25) is 14.4 Å². The fourth-order valence-corrected chi connectivity index (χ4v) is 5.68. The predicted molar refractivity (Wildman–Crippen MR) is 172 cm³/mol. The summed E-state index contributed by atoms with van der Waals surface area (Å²) < 4.78 is 34.1. The van der Waals surface area contributed by atoms with Crippen molar-refractivity contribution in [3.63, 3.8) is 0 Å². The predicted octanol–water partition coefficient (Wildman–Crippen LogP) is 6.32. The van der Waals surface area contributed by atoms with E-state index in [-0.39, 0.29) is 53.3 Å². The molecule has 2 N–H and O–H groups in total. The van der Waals surface area contributed by atoms with Crippen LogP contribution in [-0.2, 0) is 25.5 Å². The van der Waals surface area contributed by atoms with Gasteiger partial charge < -0.3 is 19.9 Å². The summed E-state index contributed by atoms with van der Waals surface area (Å²) in [5.41, 5.74) is 2.59. The molecule has 5 rings (SSSR count). The fraction of sp³-hybridized carbons (Fsp3) is 0.294. The van der Waals surface area contributed by atoms with E-state index in [4.69, 9.17) is 16.3 Å². The van der Waals surface area contributed by atoms with Gasteiger partial charge >= 0.3 is 5.97 Å². The van der Waals surface area contributed by atoms with Crippen molar-refractivity contribution in [2.24, 2.45) is 5.92 Å². The molecule has 0 bridgehead atoms. The van der Waals surface area contributed by atoms with Crippen molar-refractivity contribution in [2.45, 2.75) is 45.1 Å². The molecule has 0 unspecified atom stereocenters. The van der Waals surface area contributed by atoms with Gasteiger partial charge in [-0.2, -0.15) is 0 Å². The molecular weight excluding hydrogens is 630 g/mol. The van der Waals surface area contributed by atoms with Crippen LogP contribution in [0.5, 0.6) is 0 Å². The fourth-order valence-electron chi connectivity index (χ4n) is 5.53. The minimum Gasteiger partial charge on any atom is -0.469 e. The lowest BCUT2D eigenvalue weighted by atomic mass is 9.95. The first-order valence-electron chi connectivity index (χ1n) is 15.1. The maximum Gasteiger partial charge on any atom is 0.309 e. The number of esters is 1. The number of carbonyl (C=O) groups excluding carboxylic acids is 3. The Kier molecular flexibility index (Phi) is 10.7. The molecule has 1 aliphatic rings. The molecule has 0 radical (unpaired) electrons. The van der Waals surface area contributed by atoms with Crippen molar-refractivity contribution in [1.82, 2.24) is 24.8 Å². The molecule has 10 nitrogen and oxygen atoms in total. The number of imidazole rings is 1. The molecule has 0 fully saturated rings. The molecule has 0 saturated heterocycles. The van der Waals surface area contributed by atoms with Crippen molar-refractivity contribution in [2.75, 3.05) is 19.0 Å². The first-order chi connectivity index (χ1) is 22.6. The molecule has 0 aliphatic carbocycles. The van der Waals surface area contributed by atoms with Crippen LogP contribution in [-0.4, -0.2) is 56.3 Å². The highest BCUT2D eigenvalue weighted by Gasteiger charge is 2.31. The van der Waals surface area contributed by atoms with Crippen molar-refractivity contribution >= 4 is 40.6 Å². The van der Waals surface area contributed by atoms with Gasteiger partial charge in [0.05, 0.1) is 42.0 Å². The van der Waals surface area contributed by atoms with E-state index < -0.39 is 23.6 Å². The Morgan fingerprint density at radius 3 is 2.66 bits per heavy atom. The van der Waals surface area contributed by atoms with Crippen molar-refractivity contribution < 1.29 is 27.9 Å². The van der Waals surface area contributed by atoms with Crippen LogP contribution < -0.4 is 5.32 Å². The average Bonchev–Trinajstić information content (AvgIpc) is 3.56. The lowest BCUT2D eigenvalue weighted by molar-refractivity contribution is -0.139. The Labute approximate surface area is 275 Å². The standard InChI is InChI=1S/C34H33ClF2N6O4/c1-20(34(46)41-24-7-4-6-21(13-24)14-30(45)47-2)5-3-8-28(33-40-18-27(42-33)23-16-38-19-39-17-23)43-12-11-22(15-29(43)44)31-26(36)10-9-25(35)32(31)37/h4,6-7,9-10,13,15-20,28H,3,5,8,11-12,14H2,1-2H3,(H,40,42)(H,41,46)/t20-,28+/m1/s1. The van der Waals surface area contributed by atoms with Crippen LogP contribution in [0.25, 0.3) is 16.8 Å². The zero-order valence-electron chi connectivity index (χ0n) is 25.8. The topological polar surface area (TPSA) is 130 Å². The van der Waals surface area contributed by atoms with Crippen LogP contribution in [0.4, 0.5) is 14.5 Å². The van der Waals surface area contributed by atoms with E-state index in [0.717, 1.165) is 12.1 Å². The molecule has 2 aromatic carbocycles. The highest BCUT2D eigenvalue weighted by atomic mass is 35.5. The molecule has 4 aromatic rings. The van der Waals surface area contributed by atoms with Crippen LogP contribution in [0.3, 0.4) is 0 Å². The molecule has 47 heavy (non-hydrogen) atoms. The Morgan fingerprint density at radius 1 is 1.13 bits per heavy atom. The van der Waals surface area contributed by atoms with Gasteiger partial charge in [-0.1, -0.05) is 37.1 Å². The molecule has 0 spiro atoms. The van der Waals surface area contributed by atoms with Gasteiger partial charge in [-0.05, 0) is 54.7 Å². The van der Waals surface area contributed by atoms with Gasteiger partial charge in [0.2, 0.25) is 11.8 Å². The normalized spacial score (nSPS) is 14.4. The molecule has 3 heterocycles. The Balaban J connectivity index is 1.30. The smallest absolute Gasteiger partial charge is 0.309 e. The van der Waals surface area contributed by atoms with Gasteiger partial charge in [-0.25, -0.2) is 23.7 Å². The summed E-state index contributed by atoms with van der Waals surface area (Å²) >= 11 is 5.90. The third kappa shape index (κ3) is 8.07. The summed E-state index contributed by atoms with van der Waals surface area (Å²) in [5.74, 6) is -2.53. The molecule has 13 heteroatoms. The minimum atomic E-state index is -0.904.